The predicted octanol–water partition coefficient (Wildman–Crippen LogP) is 5.44. The van der Waals surface area contributed by atoms with Crippen LogP contribution in [-0.2, 0) is 28.6 Å². The molecule has 35 heavy (non-hydrogen) atoms. The van der Waals surface area contributed by atoms with Crippen molar-refractivity contribution in [2.24, 2.45) is 5.92 Å². The summed E-state index contributed by atoms with van der Waals surface area (Å²) in [6.45, 7) is 1.77. The number of aromatic nitrogens is 2. The molecular weight excluding hydrogens is 466 g/mol. The van der Waals surface area contributed by atoms with Gasteiger partial charge in [-0.05, 0) is 60.7 Å². The summed E-state index contributed by atoms with van der Waals surface area (Å²) >= 11 is 0. The number of ketones is 1. The van der Waals surface area contributed by atoms with E-state index in [4.69, 9.17) is 4.74 Å². The third-order valence-electron chi connectivity index (χ3n) is 5.50. The maximum Gasteiger partial charge on any atom is 0.419 e. The summed E-state index contributed by atoms with van der Waals surface area (Å²) < 4.78 is 57.9. The van der Waals surface area contributed by atoms with Crippen LogP contribution in [-0.4, -0.2) is 21.7 Å². The van der Waals surface area contributed by atoms with Crippen LogP contribution >= 0.6 is 0 Å². The number of benzene rings is 2. The minimum atomic E-state index is -4.83. The predicted molar refractivity (Wildman–Crippen MR) is 118 cm³/mol. The number of amides is 1. The summed E-state index contributed by atoms with van der Waals surface area (Å²) in [5.41, 5.74) is 0.123. The minimum Gasteiger partial charge on any atom is -0.439 e. The van der Waals surface area contributed by atoms with Crippen LogP contribution in [0.25, 0.3) is 0 Å². The normalized spacial score (nSPS) is 13.4. The second kappa shape index (κ2) is 9.81. The van der Waals surface area contributed by atoms with Crippen molar-refractivity contribution in [2.45, 2.75) is 38.8 Å². The first-order valence-electron chi connectivity index (χ1n) is 10.9. The topological polar surface area (TPSA) is 81.2 Å². The zero-order chi connectivity index (χ0) is 25.2. The van der Waals surface area contributed by atoms with E-state index in [9.17, 15) is 27.2 Å². The number of aryl methyl sites for hydroxylation is 1. The van der Waals surface area contributed by atoms with Crippen molar-refractivity contribution in [1.82, 2.24) is 9.97 Å². The van der Waals surface area contributed by atoms with Crippen molar-refractivity contribution < 1.29 is 31.9 Å². The van der Waals surface area contributed by atoms with Crippen LogP contribution in [0.4, 0.5) is 23.4 Å². The van der Waals surface area contributed by atoms with Crippen molar-refractivity contribution in [3.63, 3.8) is 0 Å². The number of nitrogens with one attached hydrogen (secondary N) is 1. The summed E-state index contributed by atoms with van der Waals surface area (Å²) in [6, 6.07) is 9.09. The van der Waals surface area contributed by atoms with Gasteiger partial charge in [0.05, 0.1) is 5.56 Å². The van der Waals surface area contributed by atoms with Crippen LogP contribution in [0.1, 0.15) is 35.1 Å². The molecule has 1 saturated carbocycles. The lowest BCUT2D eigenvalue weighted by Crippen LogP contribution is -2.14. The van der Waals surface area contributed by atoms with Crippen LogP contribution in [0.3, 0.4) is 0 Å². The molecule has 1 aromatic heterocycles. The van der Waals surface area contributed by atoms with Gasteiger partial charge in [0.15, 0.2) is 0 Å². The van der Waals surface area contributed by atoms with Gasteiger partial charge < -0.3 is 10.1 Å². The number of rotatable bonds is 8. The molecule has 1 aliphatic rings. The highest BCUT2D eigenvalue weighted by molar-refractivity contribution is 5.93. The Labute approximate surface area is 198 Å². The molecule has 1 N–H and O–H groups in total. The number of alkyl halides is 3. The Balaban J connectivity index is 1.39. The van der Waals surface area contributed by atoms with Gasteiger partial charge in [-0.15, -0.1) is 0 Å². The van der Waals surface area contributed by atoms with Crippen molar-refractivity contribution in [1.29, 1.82) is 0 Å². The maximum atomic E-state index is 13.5. The fraction of sp³-hybridized carbons (Fsp3) is 0.280. The van der Waals surface area contributed by atoms with E-state index in [2.05, 4.69) is 15.3 Å². The first kappa shape index (κ1) is 24.3. The van der Waals surface area contributed by atoms with Gasteiger partial charge in [-0.25, -0.2) is 14.4 Å². The second-order valence-electron chi connectivity index (χ2n) is 8.40. The number of carbonyl (C=O) groups is 2. The number of hydrogen-bond donors (Lipinski definition) is 1. The van der Waals surface area contributed by atoms with Crippen LogP contribution in [0, 0.1) is 18.7 Å². The molecule has 0 unspecified atom stereocenters. The molecule has 0 radical (unpaired) electrons. The molecule has 6 nitrogen and oxygen atoms in total. The van der Waals surface area contributed by atoms with Crippen LogP contribution in [0.5, 0.6) is 11.6 Å². The number of hydrogen-bond acceptors (Lipinski definition) is 5. The smallest absolute Gasteiger partial charge is 0.419 e. The highest BCUT2D eigenvalue weighted by Crippen LogP contribution is 2.32. The van der Waals surface area contributed by atoms with E-state index in [1.807, 2.05) is 0 Å². The number of carbonyl (C=O) groups excluding carboxylic acids is 2. The number of halogens is 4. The largest absolute Gasteiger partial charge is 0.439 e. The van der Waals surface area contributed by atoms with E-state index in [1.54, 1.807) is 25.1 Å². The Morgan fingerprint density at radius 3 is 2.51 bits per heavy atom. The molecule has 1 amide bonds. The number of ether oxygens (including phenoxy) is 1. The molecular formula is C25H21F4N3O3. The molecule has 0 bridgehead atoms. The first-order valence-corrected chi connectivity index (χ1v) is 10.9. The highest BCUT2D eigenvalue weighted by atomic mass is 19.4. The van der Waals surface area contributed by atoms with E-state index >= 15 is 0 Å². The molecule has 0 saturated heterocycles. The Bertz CT molecular complexity index is 1270. The molecule has 10 heteroatoms. The van der Waals surface area contributed by atoms with Gasteiger partial charge in [-0.2, -0.15) is 13.2 Å². The summed E-state index contributed by atoms with van der Waals surface area (Å²) in [5.74, 6) is -0.733. The summed E-state index contributed by atoms with van der Waals surface area (Å²) in [5, 5.41) is 2.72. The second-order valence-corrected chi connectivity index (χ2v) is 8.40. The van der Waals surface area contributed by atoms with E-state index in [1.165, 1.54) is 18.5 Å². The van der Waals surface area contributed by atoms with Crippen molar-refractivity contribution >= 4 is 17.5 Å². The lowest BCUT2D eigenvalue weighted by Gasteiger charge is -2.11. The zero-order valence-electron chi connectivity index (χ0n) is 18.7. The Morgan fingerprint density at radius 2 is 1.83 bits per heavy atom. The number of Topliss-reactive ketones (excluding diaryl/α,β-unsaturated/α-hetero) is 1. The zero-order valence-corrected chi connectivity index (χ0v) is 18.7. The summed E-state index contributed by atoms with van der Waals surface area (Å²) in [4.78, 5) is 32.4. The fourth-order valence-corrected chi connectivity index (χ4v) is 3.49. The van der Waals surface area contributed by atoms with Crippen molar-refractivity contribution in [3.05, 3.63) is 76.9 Å². The molecule has 1 heterocycles. The Kier molecular flexibility index (Phi) is 6.81. The highest BCUT2D eigenvalue weighted by Gasteiger charge is 2.34. The molecule has 4 rings (SSSR count). The standard InChI is InChI=1S/C25H21F4N3O3/c1-14-8-19(35-23-12-22(30-13-31-23)32-24(34)16-3-4-16)6-5-17(14)11-18(33)9-15-2-7-21(26)20(10-15)25(27,28)29/h2,5-8,10,12-13,16H,3-4,9,11H2,1H3,(H,30,31,32,34). The third-order valence-corrected chi connectivity index (χ3v) is 5.50. The number of nitrogens with zero attached hydrogens (tertiary/aromatic N) is 2. The lowest BCUT2D eigenvalue weighted by atomic mass is 9.98. The van der Waals surface area contributed by atoms with Gasteiger partial charge in [0.1, 0.15) is 29.5 Å². The van der Waals surface area contributed by atoms with E-state index < -0.39 is 17.6 Å². The average molecular weight is 487 g/mol. The van der Waals surface area contributed by atoms with Crippen molar-refractivity contribution in [3.8, 4) is 11.6 Å². The minimum absolute atomic E-state index is 0.00427. The molecule has 1 fully saturated rings. The Morgan fingerprint density at radius 1 is 1.06 bits per heavy atom. The SMILES string of the molecule is Cc1cc(Oc2cc(NC(=O)C3CC3)ncn2)ccc1CC(=O)Cc1ccc(F)c(C(F)(F)F)c1. The Hall–Kier alpha value is -3.82. The van der Waals surface area contributed by atoms with Crippen LogP contribution < -0.4 is 10.1 Å². The summed E-state index contributed by atoms with van der Waals surface area (Å²) in [7, 11) is 0. The van der Waals surface area contributed by atoms with Gasteiger partial charge in [0.25, 0.3) is 0 Å². The fourth-order valence-electron chi connectivity index (χ4n) is 3.49. The number of anilines is 1. The van der Waals surface area contributed by atoms with E-state index in [0.717, 1.165) is 24.5 Å². The average Bonchev–Trinajstić information content (AvgIpc) is 3.62. The molecule has 0 aliphatic heterocycles. The van der Waals surface area contributed by atoms with Gasteiger partial charge >= 0.3 is 6.18 Å². The van der Waals surface area contributed by atoms with Crippen LogP contribution in [0.15, 0.2) is 48.8 Å². The monoisotopic (exact) mass is 487 g/mol. The van der Waals surface area contributed by atoms with Gasteiger partial charge in [0.2, 0.25) is 11.8 Å². The van der Waals surface area contributed by atoms with Crippen molar-refractivity contribution in [2.75, 3.05) is 5.32 Å². The van der Waals surface area contributed by atoms with Gasteiger partial charge in [0, 0.05) is 24.8 Å². The van der Waals surface area contributed by atoms with E-state index in [-0.39, 0.29) is 41.9 Å². The molecule has 3 aromatic rings. The molecule has 2 aromatic carbocycles. The third kappa shape index (κ3) is 6.40. The molecule has 1 aliphatic carbocycles. The molecule has 182 valence electrons. The van der Waals surface area contributed by atoms with E-state index in [0.29, 0.717) is 23.2 Å². The lowest BCUT2D eigenvalue weighted by molar-refractivity contribution is -0.140. The van der Waals surface area contributed by atoms with Gasteiger partial charge in [-0.3, -0.25) is 9.59 Å². The summed E-state index contributed by atoms with van der Waals surface area (Å²) in [6.07, 6.45) is -2.08. The first-order chi connectivity index (χ1) is 16.6. The van der Waals surface area contributed by atoms with Crippen LogP contribution in [0.2, 0.25) is 0 Å². The maximum absolute atomic E-state index is 13.5. The molecule has 0 atom stereocenters. The molecule has 0 spiro atoms. The van der Waals surface area contributed by atoms with Gasteiger partial charge in [-0.1, -0.05) is 12.1 Å². The quantitative estimate of drug-likeness (QED) is 0.428.